The number of rotatable bonds is 7. The molecule has 0 unspecified atom stereocenters. The van der Waals surface area contributed by atoms with Gasteiger partial charge in [0, 0.05) is 4.88 Å². The molecule has 2 aromatic rings. The van der Waals surface area contributed by atoms with Crippen molar-refractivity contribution < 1.29 is 18.7 Å². The summed E-state index contributed by atoms with van der Waals surface area (Å²) in [5.74, 6) is -0.788. The first-order chi connectivity index (χ1) is 13.1. The molecule has 0 aliphatic carbocycles. The number of esters is 1. The van der Waals surface area contributed by atoms with Gasteiger partial charge in [0.15, 0.2) is 0 Å². The van der Waals surface area contributed by atoms with Gasteiger partial charge in [-0.15, -0.1) is 11.3 Å². The maximum absolute atomic E-state index is 13.0. The van der Waals surface area contributed by atoms with E-state index in [9.17, 15) is 14.0 Å². The highest BCUT2D eigenvalue weighted by atomic mass is 32.1. The summed E-state index contributed by atoms with van der Waals surface area (Å²) in [5, 5.41) is 3.34. The Morgan fingerprint density at radius 2 is 1.86 bits per heavy atom. The molecule has 1 aromatic carbocycles. The molecule has 1 N–H and O–H groups in total. The van der Waals surface area contributed by atoms with Crippen LogP contribution >= 0.6 is 11.3 Å². The van der Waals surface area contributed by atoms with Crippen molar-refractivity contribution in [2.75, 3.05) is 11.9 Å². The lowest BCUT2D eigenvalue weighted by Crippen LogP contribution is -2.16. The zero-order chi connectivity index (χ0) is 20.9. The minimum Gasteiger partial charge on any atom is -0.462 e. The van der Waals surface area contributed by atoms with Crippen LogP contribution in [-0.4, -0.2) is 18.5 Å². The Morgan fingerprint density at radius 1 is 1.21 bits per heavy atom. The van der Waals surface area contributed by atoms with Gasteiger partial charge in [-0.25, -0.2) is 9.18 Å². The number of hydrogen-bond donors (Lipinski definition) is 1. The van der Waals surface area contributed by atoms with Crippen LogP contribution < -0.4 is 5.32 Å². The largest absolute Gasteiger partial charge is 0.462 e. The Kier molecular flexibility index (Phi) is 7.35. The lowest BCUT2D eigenvalue weighted by molar-refractivity contribution is -0.115. The van der Waals surface area contributed by atoms with Crippen molar-refractivity contribution >= 4 is 28.2 Å². The molecule has 0 fully saturated rings. The molecule has 0 saturated carbocycles. The second-order valence-corrected chi connectivity index (χ2v) is 9.21. The van der Waals surface area contributed by atoms with Crippen LogP contribution in [-0.2, 0) is 16.0 Å². The summed E-state index contributed by atoms with van der Waals surface area (Å²) >= 11 is 1.41. The minimum atomic E-state index is -0.440. The fraction of sp³-hybridized carbons (Fsp3) is 0.455. The van der Waals surface area contributed by atoms with Gasteiger partial charge in [-0.2, -0.15) is 0 Å². The predicted molar refractivity (Wildman–Crippen MR) is 111 cm³/mol. The summed E-state index contributed by atoms with van der Waals surface area (Å²) in [4.78, 5) is 25.8. The van der Waals surface area contributed by atoms with Crippen molar-refractivity contribution in [3.8, 4) is 0 Å². The van der Waals surface area contributed by atoms with Crippen LogP contribution in [0.1, 0.15) is 67.8 Å². The van der Waals surface area contributed by atoms with E-state index in [2.05, 4.69) is 33.0 Å². The molecule has 0 bridgehead atoms. The van der Waals surface area contributed by atoms with Crippen molar-refractivity contribution in [3.05, 3.63) is 52.2 Å². The van der Waals surface area contributed by atoms with E-state index in [4.69, 9.17) is 4.74 Å². The maximum atomic E-state index is 13.0. The lowest BCUT2D eigenvalue weighted by atomic mass is 9.85. The summed E-state index contributed by atoms with van der Waals surface area (Å²) in [6, 6.07) is 7.62. The van der Waals surface area contributed by atoms with E-state index < -0.39 is 5.97 Å². The number of ether oxygens (including phenoxy) is 1. The molecule has 0 saturated heterocycles. The van der Waals surface area contributed by atoms with Gasteiger partial charge in [-0.05, 0) is 48.4 Å². The first-order valence-corrected chi connectivity index (χ1v) is 10.3. The topological polar surface area (TPSA) is 55.4 Å². The highest BCUT2D eigenvalue weighted by Crippen LogP contribution is 2.38. The highest BCUT2D eigenvalue weighted by Gasteiger charge is 2.24. The lowest BCUT2D eigenvalue weighted by Gasteiger charge is -2.22. The molecule has 152 valence electrons. The van der Waals surface area contributed by atoms with Gasteiger partial charge >= 0.3 is 5.97 Å². The van der Waals surface area contributed by atoms with Crippen LogP contribution in [0.4, 0.5) is 9.39 Å². The van der Waals surface area contributed by atoms with E-state index in [0.29, 0.717) is 16.1 Å². The molecular weight excluding hydrogens is 377 g/mol. The Bertz CT molecular complexity index is 821. The Balaban J connectivity index is 2.21. The van der Waals surface area contributed by atoms with Crippen molar-refractivity contribution in [2.24, 2.45) is 5.41 Å². The van der Waals surface area contributed by atoms with Gasteiger partial charge in [0.05, 0.1) is 18.6 Å². The first-order valence-electron chi connectivity index (χ1n) is 9.44. The summed E-state index contributed by atoms with van der Waals surface area (Å²) < 4.78 is 18.2. The van der Waals surface area contributed by atoms with Crippen molar-refractivity contribution in [1.82, 2.24) is 0 Å². The smallest absolute Gasteiger partial charge is 0.341 e. The summed E-state index contributed by atoms with van der Waals surface area (Å²) in [6.45, 7) is 10.7. The average molecular weight is 406 g/mol. The van der Waals surface area contributed by atoms with Crippen molar-refractivity contribution in [1.29, 1.82) is 0 Å². The summed E-state index contributed by atoms with van der Waals surface area (Å²) in [7, 11) is 0. The SMILES string of the molecule is CCOC(=O)c1cc([C@H](C)CC(C)(C)C)sc1NC(=O)Cc1ccc(F)cc1. The maximum Gasteiger partial charge on any atom is 0.341 e. The number of anilines is 1. The number of hydrogen-bond acceptors (Lipinski definition) is 4. The highest BCUT2D eigenvalue weighted by molar-refractivity contribution is 7.16. The van der Waals surface area contributed by atoms with Gasteiger partial charge in [0.2, 0.25) is 5.91 Å². The number of carbonyl (C=O) groups excluding carboxylic acids is 2. The first kappa shape index (κ1) is 22.1. The minimum absolute atomic E-state index is 0.104. The average Bonchev–Trinajstić information content (AvgIpc) is 2.99. The van der Waals surface area contributed by atoms with E-state index in [1.54, 1.807) is 19.1 Å². The number of halogens is 1. The molecule has 1 amide bonds. The molecule has 6 heteroatoms. The molecular formula is C22H28FNO3S. The quantitative estimate of drug-likeness (QED) is 0.594. The number of thiophene rings is 1. The van der Waals surface area contributed by atoms with Gasteiger partial charge in [0.1, 0.15) is 10.8 Å². The monoisotopic (exact) mass is 405 g/mol. The Morgan fingerprint density at radius 3 is 2.43 bits per heavy atom. The zero-order valence-corrected chi connectivity index (χ0v) is 17.9. The predicted octanol–water partition coefficient (Wildman–Crippen LogP) is 5.78. The van der Waals surface area contributed by atoms with Gasteiger partial charge in [0.25, 0.3) is 0 Å². The molecule has 0 spiro atoms. The van der Waals surface area contributed by atoms with E-state index in [-0.39, 0.29) is 36.1 Å². The molecule has 1 aromatic heterocycles. The number of amides is 1. The fourth-order valence-electron chi connectivity index (χ4n) is 3.08. The number of carbonyl (C=O) groups is 2. The van der Waals surface area contributed by atoms with Crippen LogP contribution in [0.3, 0.4) is 0 Å². The Hall–Kier alpha value is -2.21. The second kappa shape index (κ2) is 9.32. The van der Waals surface area contributed by atoms with Crippen LogP contribution in [0, 0.1) is 11.2 Å². The van der Waals surface area contributed by atoms with E-state index in [1.807, 2.05) is 6.07 Å². The number of nitrogens with one attached hydrogen (secondary N) is 1. The van der Waals surface area contributed by atoms with E-state index in [1.165, 1.54) is 23.5 Å². The van der Waals surface area contributed by atoms with Gasteiger partial charge in [-0.3, -0.25) is 4.79 Å². The van der Waals surface area contributed by atoms with Crippen molar-refractivity contribution in [2.45, 2.75) is 53.4 Å². The van der Waals surface area contributed by atoms with Crippen LogP contribution in [0.2, 0.25) is 0 Å². The third-order valence-electron chi connectivity index (χ3n) is 4.18. The van der Waals surface area contributed by atoms with Gasteiger partial charge in [-0.1, -0.05) is 39.8 Å². The van der Waals surface area contributed by atoms with Crippen LogP contribution in [0.5, 0.6) is 0 Å². The van der Waals surface area contributed by atoms with E-state index in [0.717, 1.165) is 11.3 Å². The van der Waals surface area contributed by atoms with Gasteiger partial charge < -0.3 is 10.1 Å². The number of benzene rings is 1. The summed E-state index contributed by atoms with van der Waals surface area (Å²) in [6.07, 6.45) is 1.06. The molecule has 2 rings (SSSR count). The van der Waals surface area contributed by atoms with Crippen LogP contribution in [0.25, 0.3) is 0 Å². The fourth-order valence-corrected chi connectivity index (χ4v) is 4.20. The van der Waals surface area contributed by atoms with Crippen molar-refractivity contribution in [3.63, 3.8) is 0 Å². The zero-order valence-electron chi connectivity index (χ0n) is 17.1. The van der Waals surface area contributed by atoms with Crippen LogP contribution in [0.15, 0.2) is 30.3 Å². The molecule has 0 radical (unpaired) electrons. The second-order valence-electron chi connectivity index (χ2n) is 8.13. The molecule has 4 nitrogen and oxygen atoms in total. The Labute approximate surface area is 170 Å². The normalized spacial score (nSPS) is 12.5. The molecule has 28 heavy (non-hydrogen) atoms. The third kappa shape index (κ3) is 6.44. The van der Waals surface area contributed by atoms with E-state index >= 15 is 0 Å². The molecule has 1 heterocycles. The molecule has 1 atom stereocenters. The standard InChI is InChI=1S/C22H28FNO3S/c1-6-27-21(26)17-12-18(14(2)13-22(3,4)5)28-20(17)24-19(25)11-15-7-9-16(23)10-8-15/h7-10,12,14H,6,11,13H2,1-5H3,(H,24,25)/t14-/m1/s1. The molecule has 0 aliphatic rings. The third-order valence-corrected chi connectivity index (χ3v) is 5.46. The summed E-state index contributed by atoms with van der Waals surface area (Å²) in [5.41, 5.74) is 1.24. The molecule has 0 aliphatic heterocycles.